The average Bonchev–Trinajstić information content (AvgIpc) is 3.17. The summed E-state index contributed by atoms with van der Waals surface area (Å²) < 4.78 is 11.1. The van der Waals surface area contributed by atoms with E-state index < -0.39 is 0 Å². The summed E-state index contributed by atoms with van der Waals surface area (Å²) >= 11 is 0. The Kier molecular flexibility index (Phi) is 4.91. The number of methoxy groups -OCH3 is 1. The van der Waals surface area contributed by atoms with E-state index in [1.165, 1.54) is 0 Å². The predicted molar refractivity (Wildman–Crippen MR) is 101 cm³/mol. The Balaban J connectivity index is 1.32. The van der Waals surface area contributed by atoms with Crippen molar-refractivity contribution in [2.45, 2.75) is 37.8 Å². The number of nitrogens with zero attached hydrogens (tertiary/aromatic N) is 2. The summed E-state index contributed by atoms with van der Waals surface area (Å²) in [5.74, 6) is 0.790. The van der Waals surface area contributed by atoms with Gasteiger partial charge in [-0.3, -0.25) is 4.79 Å². The van der Waals surface area contributed by atoms with Crippen LogP contribution < -0.4 is 14.8 Å². The number of amides is 1. The molecule has 0 aliphatic heterocycles. The molecular weight excluding hydrogens is 344 g/mol. The zero-order valence-electron chi connectivity index (χ0n) is 15.1. The van der Waals surface area contributed by atoms with Gasteiger partial charge in [-0.2, -0.15) is 0 Å². The summed E-state index contributed by atoms with van der Waals surface area (Å²) in [6.45, 7) is 0. The van der Waals surface area contributed by atoms with Crippen molar-refractivity contribution in [2.75, 3.05) is 7.11 Å². The van der Waals surface area contributed by atoms with Crippen LogP contribution in [0.2, 0.25) is 0 Å². The first-order valence-electron chi connectivity index (χ1n) is 9.12. The molecule has 3 aromatic rings. The van der Waals surface area contributed by atoms with Crippen LogP contribution in [0.15, 0.2) is 42.9 Å². The van der Waals surface area contributed by atoms with Crippen LogP contribution in [0.4, 0.5) is 0 Å². The maximum atomic E-state index is 12.5. The van der Waals surface area contributed by atoms with Crippen molar-refractivity contribution in [1.82, 2.24) is 20.3 Å². The summed E-state index contributed by atoms with van der Waals surface area (Å²) in [7, 11) is 1.55. The van der Waals surface area contributed by atoms with Crippen LogP contribution in [0.5, 0.6) is 11.8 Å². The molecule has 1 aliphatic rings. The molecule has 1 aliphatic carbocycles. The Hall–Kier alpha value is -3.09. The lowest BCUT2D eigenvalue weighted by Gasteiger charge is -2.29. The maximum absolute atomic E-state index is 12.5. The van der Waals surface area contributed by atoms with Crippen molar-refractivity contribution >= 4 is 16.8 Å². The van der Waals surface area contributed by atoms with Crippen LogP contribution >= 0.6 is 0 Å². The van der Waals surface area contributed by atoms with Gasteiger partial charge in [0.15, 0.2) is 0 Å². The minimum Gasteiger partial charge on any atom is -0.477 e. The van der Waals surface area contributed by atoms with Crippen molar-refractivity contribution in [2.24, 2.45) is 0 Å². The second-order valence-corrected chi connectivity index (χ2v) is 6.72. The third-order valence-electron chi connectivity index (χ3n) is 4.93. The summed E-state index contributed by atoms with van der Waals surface area (Å²) in [5, 5.41) is 4.18. The van der Waals surface area contributed by atoms with Gasteiger partial charge in [0, 0.05) is 41.1 Å². The molecule has 0 atom stereocenters. The molecule has 7 nitrogen and oxygen atoms in total. The molecule has 2 aromatic heterocycles. The van der Waals surface area contributed by atoms with E-state index in [-0.39, 0.29) is 18.1 Å². The lowest BCUT2D eigenvalue weighted by Crippen LogP contribution is -2.39. The summed E-state index contributed by atoms with van der Waals surface area (Å²) in [6, 6.07) is 7.82. The van der Waals surface area contributed by atoms with Gasteiger partial charge in [0.05, 0.1) is 7.11 Å². The number of carbonyl (C=O) groups is 1. The molecule has 1 aromatic carbocycles. The van der Waals surface area contributed by atoms with Gasteiger partial charge in [-0.1, -0.05) is 0 Å². The highest BCUT2D eigenvalue weighted by Gasteiger charge is 2.25. The van der Waals surface area contributed by atoms with Crippen molar-refractivity contribution in [3.8, 4) is 11.8 Å². The van der Waals surface area contributed by atoms with Crippen molar-refractivity contribution < 1.29 is 14.3 Å². The third-order valence-corrected chi connectivity index (χ3v) is 4.93. The molecule has 27 heavy (non-hydrogen) atoms. The number of carbonyl (C=O) groups excluding carboxylic acids is 1. The number of nitrogens with one attached hydrogen (secondary N) is 2. The standard InChI is InChI=1S/C20H22N4O3/c1-26-19-20(23-11-10-22-19)27-16-5-3-15(4-6-16)24-18(25)14-2-7-17-13(12-14)8-9-21-17/h2,7-12,15-16,21H,3-6H2,1H3,(H,24,25). The van der Waals surface area contributed by atoms with Gasteiger partial charge in [-0.05, 0) is 49.9 Å². The highest BCUT2D eigenvalue weighted by Crippen LogP contribution is 2.27. The molecule has 1 fully saturated rings. The van der Waals surface area contributed by atoms with E-state index in [4.69, 9.17) is 9.47 Å². The fourth-order valence-electron chi connectivity index (χ4n) is 3.48. The molecule has 0 saturated heterocycles. The van der Waals surface area contributed by atoms with E-state index in [0.717, 1.165) is 36.6 Å². The van der Waals surface area contributed by atoms with Gasteiger partial charge in [0.1, 0.15) is 6.10 Å². The smallest absolute Gasteiger partial charge is 0.278 e. The number of hydrogen-bond acceptors (Lipinski definition) is 5. The van der Waals surface area contributed by atoms with Crippen LogP contribution in [-0.2, 0) is 0 Å². The second kappa shape index (κ2) is 7.65. The lowest BCUT2D eigenvalue weighted by molar-refractivity contribution is 0.0886. The molecule has 2 heterocycles. The molecule has 0 radical (unpaired) electrons. The fourth-order valence-corrected chi connectivity index (χ4v) is 3.48. The summed E-state index contributed by atoms with van der Waals surface area (Å²) in [5.41, 5.74) is 1.72. The second-order valence-electron chi connectivity index (χ2n) is 6.72. The third kappa shape index (κ3) is 3.86. The summed E-state index contributed by atoms with van der Waals surface area (Å²) in [4.78, 5) is 24.0. The van der Waals surface area contributed by atoms with Crippen LogP contribution in [-0.4, -0.2) is 40.1 Å². The first kappa shape index (κ1) is 17.3. The van der Waals surface area contributed by atoms with Crippen molar-refractivity contribution in [3.63, 3.8) is 0 Å². The summed E-state index contributed by atoms with van der Waals surface area (Å²) in [6.07, 6.45) is 8.52. The van der Waals surface area contributed by atoms with Crippen molar-refractivity contribution in [3.05, 3.63) is 48.4 Å². The van der Waals surface area contributed by atoms with E-state index in [1.807, 2.05) is 30.5 Å². The molecule has 0 unspecified atom stereocenters. The molecule has 7 heteroatoms. The molecule has 2 N–H and O–H groups in total. The van der Waals surface area contributed by atoms with E-state index >= 15 is 0 Å². The zero-order valence-corrected chi connectivity index (χ0v) is 15.1. The first-order chi connectivity index (χ1) is 13.2. The average molecular weight is 366 g/mol. The quantitative estimate of drug-likeness (QED) is 0.724. The molecule has 140 valence electrons. The number of ether oxygens (including phenoxy) is 2. The Labute approximate surface area is 157 Å². The number of benzene rings is 1. The van der Waals surface area contributed by atoms with Gasteiger partial charge in [0.25, 0.3) is 17.7 Å². The van der Waals surface area contributed by atoms with Gasteiger partial charge >= 0.3 is 0 Å². The maximum Gasteiger partial charge on any atom is 0.278 e. The molecular formula is C20H22N4O3. The van der Waals surface area contributed by atoms with Gasteiger partial charge < -0.3 is 19.8 Å². The van der Waals surface area contributed by atoms with E-state index in [9.17, 15) is 4.79 Å². The number of fused-ring (bicyclic) bond motifs is 1. The number of rotatable bonds is 5. The van der Waals surface area contributed by atoms with Crippen LogP contribution in [0, 0.1) is 0 Å². The molecule has 4 rings (SSSR count). The topological polar surface area (TPSA) is 89.1 Å². The fraction of sp³-hybridized carbons (Fsp3) is 0.350. The Bertz CT molecular complexity index is 932. The van der Waals surface area contributed by atoms with E-state index in [2.05, 4.69) is 20.3 Å². The molecule has 1 saturated carbocycles. The van der Waals surface area contributed by atoms with Gasteiger partial charge in [-0.15, -0.1) is 0 Å². The predicted octanol–water partition coefficient (Wildman–Crippen LogP) is 3.09. The Morgan fingerprint density at radius 3 is 2.67 bits per heavy atom. The highest BCUT2D eigenvalue weighted by molar-refractivity contribution is 5.98. The van der Waals surface area contributed by atoms with Crippen LogP contribution in [0.1, 0.15) is 36.0 Å². The van der Waals surface area contributed by atoms with Crippen molar-refractivity contribution in [1.29, 1.82) is 0 Å². The van der Waals surface area contributed by atoms with E-state index in [1.54, 1.807) is 19.5 Å². The van der Waals surface area contributed by atoms with Gasteiger partial charge in [-0.25, -0.2) is 9.97 Å². The number of H-pyrrole nitrogens is 1. The first-order valence-corrected chi connectivity index (χ1v) is 9.12. The molecule has 0 spiro atoms. The van der Waals surface area contributed by atoms with Gasteiger partial charge in [0.2, 0.25) is 0 Å². The largest absolute Gasteiger partial charge is 0.477 e. The highest BCUT2D eigenvalue weighted by atomic mass is 16.5. The number of aromatic amines is 1. The van der Waals surface area contributed by atoms with E-state index in [0.29, 0.717) is 17.3 Å². The zero-order chi connectivity index (χ0) is 18.6. The normalized spacial score (nSPS) is 19.6. The minimum absolute atomic E-state index is 0.0296. The molecule has 0 bridgehead atoms. The molecule has 1 amide bonds. The SMILES string of the molecule is COc1nccnc1OC1CCC(NC(=O)c2ccc3[nH]ccc3c2)CC1. The van der Waals surface area contributed by atoms with Crippen LogP contribution in [0.3, 0.4) is 0 Å². The minimum atomic E-state index is -0.0296. The number of hydrogen-bond donors (Lipinski definition) is 2. The lowest BCUT2D eigenvalue weighted by atomic mass is 9.92. The monoisotopic (exact) mass is 366 g/mol. The van der Waals surface area contributed by atoms with Crippen LogP contribution in [0.25, 0.3) is 10.9 Å². The Morgan fingerprint density at radius 2 is 1.89 bits per heavy atom. The number of aromatic nitrogens is 3. The Morgan fingerprint density at radius 1 is 1.11 bits per heavy atom.